The molecule has 0 atom stereocenters. The molecule has 0 aliphatic heterocycles. The van der Waals surface area contributed by atoms with Crippen LogP contribution in [-0.2, 0) is 6.54 Å². The Labute approximate surface area is 142 Å². The van der Waals surface area contributed by atoms with Crippen LogP contribution >= 0.6 is 11.8 Å². The van der Waals surface area contributed by atoms with Gasteiger partial charge in [0.25, 0.3) is 0 Å². The highest BCUT2D eigenvalue weighted by Gasteiger charge is 2.36. The van der Waals surface area contributed by atoms with Crippen LogP contribution < -0.4 is 5.69 Å². The topological polar surface area (TPSA) is 70.0 Å². The summed E-state index contributed by atoms with van der Waals surface area (Å²) in [6, 6.07) is 6.16. The van der Waals surface area contributed by atoms with Crippen LogP contribution in [0.4, 0.5) is 0 Å². The summed E-state index contributed by atoms with van der Waals surface area (Å²) in [5.41, 5.74) is 0.596. The van der Waals surface area contributed by atoms with Gasteiger partial charge in [0.05, 0.1) is 6.54 Å². The molecule has 3 aromatic rings. The van der Waals surface area contributed by atoms with E-state index in [2.05, 4.69) is 19.9 Å². The number of thioether (sulfide) groups is 1. The highest BCUT2D eigenvalue weighted by atomic mass is 32.2. The van der Waals surface area contributed by atoms with Crippen molar-refractivity contribution < 1.29 is 0 Å². The van der Waals surface area contributed by atoms with Crippen LogP contribution in [0.3, 0.4) is 0 Å². The van der Waals surface area contributed by atoms with Crippen LogP contribution in [0.25, 0.3) is 5.65 Å². The van der Waals surface area contributed by atoms with E-state index in [0.717, 1.165) is 10.9 Å². The van der Waals surface area contributed by atoms with Crippen LogP contribution in [0.2, 0.25) is 0 Å². The van der Waals surface area contributed by atoms with Crippen molar-refractivity contribution in [1.82, 2.24) is 28.9 Å². The first-order valence-electron chi connectivity index (χ1n) is 8.43. The van der Waals surface area contributed by atoms with Gasteiger partial charge < -0.3 is 4.57 Å². The molecule has 2 fully saturated rings. The molecule has 0 aromatic carbocycles. The third-order valence-corrected chi connectivity index (χ3v) is 5.49. The average Bonchev–Trinajstić information content (AvgIpc) is 3.53. The fourth-order valence-corrected chi connectivity index (χ4v) is 3.95. The van der Waals surface area contributed by atoms with E-state index in [1.165, 1.54) is 36.2 Å². The summed E-state index contributed by atoms with van der Waals surface area (Å²) >= 11 is 1.68. The van der Waals surface area contributed by atoms with Crippen LogP contribution in [0, 0.1) is 0 Å². The largest absolute Gasteiger partial charge is 0.350 e. The molecule has 0 saturated heterocycles. The number of rotatable bonds is 6. The summed E-state index contributed by atoms with van der Waals surface area (Å²) in [5, 5.41) is 14.2. The van der Waals surface area contributed by atoms with Gasteiger partial charge in [0, 0.05) is 23.9 Å². The zero-order valence-electron chi connectivity index (χ0n) is 13.2. The molecule has 124 valence electrons. The van der Waals surface area contributed by atoms with Gasteiger partial charge in [-0.05, 0) is 37.8 Å². The smallest absolute Gasteiger partial charge is 0.303 e. The van der Waals surface area contributed by atoms with Crippen molar-refractivity contribution >= 4 is 17.4 Å². The Kier molecular flexibility index (Phi) is 3.26. The fraction of sp³-hybridized carbons (Fsp3) is 0.500. The molecule has 0 N–H and O–H groups in total. The van der Waals surface area contributed by atoms with Crippen LogP contribution in [-0.4, -0.2) is 34.7 Å². The molecule has 24 heavy (non-hydrogen) atoms. The number of fused-ring (bicyclic) bond motifs is 1. The Morgan fingerprint density at radius 1 is 1.17 bits per heavy atom. The minimum atomic E-state index is -0.0893. The third-order valence-electron chi connectivity index (χ3n) is 4.57. The molecule has 0 spiro atoms. The second-order valence-corrected chi connectivity index (χ2v) is 7.56. The summed E-state index contributed by atoms with van der Waals surface area (Å²) in [6.07, 6.45) is 6.70. The number of aromatic nitrogens is 6. The van der Waals surface area contributed by atoms with Gasteiger partial charge in [-0.2, -0.15) is 0 Å². The normalized spacial score (nSPS) is 17.7. The number of nitrogens with zero attached hydrogens (tertiary/aromatic N) is 6. The SMILES string of the molecule is O=c1n(CCSc2nnc(C3CC3)n2C2CC2)nc2ccccn12. The highest BCUT2D eigenvalue weighted by Crippen LogP contribution is 2.45. The van der Waals surface area contributed by atoms with Gasteiger partial charge in [-0.25, -0.2) is 9.48 Å². The Bertz CT molecular complexity index is 949. The second-order valence-electron chi connectivity index (χ2n) is 6.50. The average molecular weight is 342 g/mol. The summed E-state index contributed by atoms with van der Waals surface area (Å²) in [5.74, 6) is 2.55. The predicted molar refractivity (Wildman–Crippen MR) is 90.4 cm³/mol. The van der Waals surface area contributed by atoms with Gasteiger partial charge in [0.2, 0.25) is 0 Å². The molecule has 3 heterocycles. The van der Waals surface area contributed by atoms with Crippen molar-refractivity contribution in [1.29, 1.82) is 0 Å². The maximum absolute atomic E-state index is 12.3. The molecule has 8 heteroatoms. The lowest BCUT2D eigenvalue weighted by atomic mass is 10.4. The first kappa shape index (κ1) is 14.3. The molecule has 0 bridgehead atoms. The standard InChI is InChI=1S/C16H18N6OS/c23-16-20-8-2-1-3-13(20)19-21(16)9-10-24-15-18-17-14(11-4-5-11)22(15)12-6-7-12/h1-3,8,11-12H,4-7,9-10H2. The molecule has 2 saturated carbocycles. The molecule has 2 aliphatic rings. The van der Waals surface area contributed by atoms with Crippen molar-refractivity contribution in [3.05, 3.63) is 40.7 Å². The number of pyridine rings is 1. The summed E-state index contributed by atoms with van der Waals surface area (Å²) in [4.78, 5) is 12.3. The van der Waals surface area contributed by atoms with Gasteiger partial charge in [-0.3, -0.25) is 4.40 Å². The Morgan fingerprint density at radius 2 is 2.04 bits per heavy atom. The molecule has 0 unspecified atom stereocenters. The van der Waals surface area contributed by atoms with Gasteiger partial charge in [-0.15, -0.1) is 15.3 Å². The van der Waals surface area contributed by atoms with Crippen molar-refractivity contribution in [2.45, 2.75) is 49.3 Å². The van der Waals surface area contributed by atoms with E-state index in [1.54, 1.807) is 22.4 Å². The van der Waals surface area contributed by atoms with Crippen LogP contribution in [0.15, 0.2) is 34.3 Å². The maximum Gasteiger partial charge on any atom is 0.350 e. The quantitative estimate of drug-likeness (QED) is 0.642. The van der Waals surface area contributed by atoms with E-state index in [0.29, 0.717) is 24.2 Å². The summed E-state index contributed by atoms with van der Waals surface area (Å²) < 4.78 is 5.44. The van der Waals surface area contributed by atoms with Crippen LogP contribution in [0.1, 0.15) is 43.5 Å². The summed E-state index contributed by atoms with van der Waals surface area (Å²) in [7, 11) is 0. The second kappa shape index (κ2) is 5.47. The van der Waals surface area contributed by atoms with Crippen molar-refractivity contribution in [2.24, 2.45) is 0 Å². The molecule has 3 aromatic heterocycles. The van der Waals surface area contributed by atoms with E-state index in [1.807, 2.05) is 18.2 Å². The molecular formula is C16H18N6OS. The van der Waals surface area contributed by atoms with Gasteiger partial charge in [0.1, 0.15) is 5.82 Å². The van der Waals surface area contributed by atoms with Crippen molar-refractivity contribution in [2.75, 3.05) is 5.75 Å². The van der Waals surface area contributed by atoms with Crippen LogP contribution in [0.5, 0.6) is 0 Å². The van der Waals surface area contributed by atoms with Gasteiger partial charge in [0.15, 0.2) is 10.8 Å². The molecule has 7 nitrogen and oxygen atoms in total. The molecular weight excluding hydrogens is 324 g/mol. The Balaban J connectivity index is 1.33. The fourth-order valence-electron chi connectivity index (χ4n) is 3.02. The molecule has 0 radical (unpaired) electrons. The Morgan fingerprint density at radius 3 is 2.79 bits per heavy atom. The van der Waals surface area contributed by atoms with Crippen molar-refractivity contribution in [3.8, 4) is 0 Å². The monoisotopic (exact) mass is 342 g/mol. The van der Waals surface area contributed by atoms with Gasteiger partial charge in [-0.1, -0.05) is 17.8 Å². The maximum atomic E-state index is 12.3. The minimum absolute atomic E-state index is 0.0893. The van der Waals surface area contributed by atoms with E-state index >= 15 is 0 Å². The molecule has 0 amide bonds. The summed E-state index contributed by atoms with van der Waals surface area (Å²) in [6.45, 7) is 0.571. The lowest BCUT2D eigenvalue weighted by Crippen LogP contribution is -2.22. The van der Waals surface area contributed by atoms with Gasteiger partial charge >= 0.3 is 5.69 Å². The van der Waals surface area contributed by atoms with E-state index in [9.17, 15) is 4.79 Å². The zero-order valence-corrected chi connectivity index (χ0v) is 14.0. The molecule has 2 aliphatic carbocycles. The van der Waals surface area contributed by atoms with E-state index < -0.39 is 0 Å². The molecule has 5 rings (SSSR count). The van der Waals surface area contributed by atoms with E-state index in [4.69, 9.17) is 0 Å². The van der Waals surface area contributed by atoms with E-state index in [-0.39, 0.29) is 5.69 Å². The third kappa shape index (κ3) is 2.45. The highest BCUT2D eigenvalue weighted by molar-refractivity contribution is 7.99. The zero-order chi connectivity index (χ0) is 16.1. The first-order chi connectivity index (χ1) is 11.8. The number of hydrogen-bond acceptors (Lipinski definition) is 5. The first-order valence-corrected chi connectivity index (χ1v) is 9.41. The number of aryl methyl sites for hydroxylation is 1. The van der Waals surface area contributed by atoms with Crippen molar-refractivity contribution in [3.63, 3.8) is 0 Å². The Hall–Kier alpha value is -2.09. The lowest BCUT2D eigenvalue weighted by molar-refractivity contribution is 0.620. The number of hydrogen-bond donors (Lipinski definition) is 0. The lowest BCUT2D eigenvalue weighted by Gasteiger charge is -2.07. The minimum Gasteiger partial charge on any atom is -0.303 e. The predicted octanol–water partition coefficient (Wildman–Crippen LogP) is 2.09.